The molecule has 0 atom stereocenters. The highest BCUT2D eigenvalue weighted by atomic mass is 79.9. The van der Waals surface area contributed by atoms with E-state index in [0.29, 0.717) is 16.5 Å². The zero-order chi connectivity index (χ0) is 15.0. The predicted molar refractivity (Wildman–Crippen MR) is 86.4 cm³/mol. The summed E-state index contributed by atoms with van der Waals surface area (Å²) < 4.78 is 2.43. The first-order valence-corrected chi connectivity index (χ1v) is 7.33. The first-order chi connectivity index (χ1) is 10.1. The summed E-state index contributed by atoms with van der Waals surface area (Å²) in [6.45, 7) is 1.99. The molecular weight excluding hydrogens is 354 g/mol. The summed E-state index contributed by atoms with van der Waals surface area (Å²) in [4.78, 5) is 0. The van der Waals surface area contributed by atoms with Crippen LogP contribution in [0.2, 0.25) is 5.02 Å². The van der Waals surface area contributed by atoms with Crippen LogP contribution in [0.1, 0.15) is 5.56 Å². The van der Waals surface area contributed by atoms with Crippen molar-refractivity contribution in [2.75, 3.05) is 5.73 Å². The number of nitrogens with two attached hydrogens (primary N) is 1. The van der Waals surface area contributed by atoms with Crippen LogP contribution < -0.4 is 5.73 Å². The molecule has 0 aliphatic heterocycles. The van der Waals surface area contributed by atoms with E-state index in [1.807, 2.05) is 37.3 Å². The number of benzene rings is 2. The van der Waals surface area contributed by atoms with Gasteiger partial charge in [0.1, 0.15) is 0 Å². The van der Waals surface area contributed by atoms with Gasteiger partial charge in [-0.1, -0.05) is 23.2 Å². The van der Waals surface area contributed by atoms with E-state index >= 15 is 0 Å². The van der Waals surface area contributed by atoms with Crippen LogP contribution in [0.4, 0.5) is 5.69 Å². The number of anilines is 1. The van der Waals surface area contributed by atoms with E-state index in [2.05, 4.69) is 31.5 Å². The Bertz CT molecular complexity index is 815. The van der Waals surface area contributed by atoms with Crippen molar-refractivity contribution >= 4 is 33.2 Å². The third kappa shape index (κ3) is 2.64. The number of hydrogen-bond donors (Lipinski definition) is 1. The van der Waals surface area contributed by atoms with Crippen molar-refractivity contribution in [3.63, 3.8) is 0 Å². The van der Waals surface area contributed by atoms with Crippen LogP contribution in [-0.4, -0.2) is 20.2 Å². The highest BCUT2D eigenvalue weighted by Gasteiger charge is 2.14. The van der Waals surface area contributed by atoms with Gasteiger partial charge in [-0.05, 0) is 63.6 Å². The van der Waals surface area contributed by atoms with E-state index in [-0.39, 0.29) is 0 Å². The molecule has 1 aromatic heterocycles. The lowest BCUT2D eigenvalue weighted by Gasteiger charge is -2.08. The largest absolute Gasteiger partial charge is 0.398 e. The molecule has 2 N–H and O–H groups in total. The normalized spacial score (nSPS) is 10.8. The summed E-state index contributed by atoms with van der Waals surface area (Å²) in [5.41, 5.74) is 9.31. The lowest BCUT2D eigenvalue weighted by molar-refractivity contribution is 0.791. The number of halogens is 2. The van der Waals surface area contributed by atoms with Gasteiger partial charge in [0.05, 0.1) is 10.7 Å². The quantitative estimate of drug-likeness (QED) is 0.705. The third-order valence-electron chi connectivity index (χ3n) is 3.07. The Labute approximate surface area is 134 Å². The van der Waals surface area contributed by atoms with Crippen LogP contribution in [0.3, 0.4) is 0 Å². The van der Waals surface area contributed by atoms with Gasteiger partial charge in [-0.3, -0.25) is 0 Å². The van der Waals surface area contributed by atoms with E-state index in [4.69, 9.17) is 17.3 Å². The number of aromatic nitrogens is 4. The summed E-state index contributed by atoms with van der Waals surface area (Å²) in [6.07, 6.45) is 0. The molecule has 0 fully saturated rings. The fraction of sp³-hybridized carbons (Fsp3) is 0.0714. The summed E-state index contributed by atoms with van der Waals surface area (Å²) in [7, 11) is 0. The van der Waals surface area contributed by atoms with E-state index in [1.165, 1.54) is 0 Å². The van der Waals surface area contributed by atoms with Crippen LogP contribution in [0.15, 0.2) is 40.9 Å². The number of aryl methyl sites for hydroxylation is 1. The zero-order valence-corrected chi connectivity index (χ0v) is 13.4. The van der Waals surface area contributed by atoms with Gasteiger partial charge in [0.2, 0.25) is 0 Å². The second kappa shape index (κ2) is 5.46. The van der Waals surface area contributed by atoms with Crippen molar-refractivity contribution in [3.8, 4) is 17.1 Å². The number of nitrogen functional groups attached to an aromatic ring is 1. The molecule has 0 aliphatic rings. The van der Waals surface area contributed by atoms with Crippen molar-refractivity contribution in [1.82, 2.24) is 20.2 Å². The Kier molecular flexibility index (Phi) is 3.65. The molecule has 0 radical (unpaired) electrons. The second-order valence-corrected chi connectivity index (χ2v) is 5.86. The average Bonchev–Trinajstić information content (AvgIpc) is 2.93. The number of hydrogen-bond acceptors (Lipinski definition) is 4. The van der Waals surface area contributed by atoms with Crippen LogP contribution in [-0.2, 0) is 0 Å². The molecule has 0 saturated carbocycles. The highest BCUT2D eigenvalue weighted by molar-refractivity contribution is 9.10. The van der Waals surface area contributed by atoms with Gasteiger partial charge in [0.15, 0.2) is 5.82 Å². The minimum Gasteiger partial charge on any atom is -0.398 e. The maximum Gasteiger partial charge on any atom is 0.189 e. The van der Waals surface area contributed by atoms with E-state index in [1.54, 1.807) is 10.7 Å². The SMILES string of the molecule is Cc1ccc(N)c(-c2nnnn2-c2ccc(Br)c(Cl)c2)c1. The molecule has 0 amide bonds. The first kappa shape index (κ1) is 14.0. The van der Waals surface area contributed by atoms with Crippen LogP contribution in [0.25, 0.3) is 17.1 Å². The monoisotopic (exact) mass is 363 g/mol. The zero-order valence-electron chi connectivity index (χ0n) is 11.1. The Morgan fingerprint density at radius 3 is 2.76 bits per heavy atom. The smallest absolute Gasteiger partial charge is 0.189 e. The second-order valence-electron chi connectivity index (χ2n) is 4.60. The molecule has 1 heterocycles. The van der Waals surface area contributed by atoms with Gasteiger partial charge in [-0.15, -0.1) is 5.10 Å². The molecule has 7 heteroatoms. The fourth-order valence-electron chi connectivity index (χ4n) is 2.01. The predicted octanol–water partition coefficient (Wildman–Crippen LogP) is 3.64. The van der Waals surface area contributed by atoms with Crippen LogP contribution in [0, 0.1) is 6.92 Å². The topological polar surface area (TPSA) is 69.6 Å². The molecule has 0 saturated heterocycles. The standard InChI is InChI=1S/C14H11BrClN5/c1-8-2-5-13(17)10(6-8)14-18-19-20-21(14)9-3-4-11(15)12(16)7-9/h2-7H,17H2,1H3. The molecular formula is C14H11BrClN5. The van der Waals surface area contributed by atoms with E-state index < -0.39 is 0 Å². The first-order valence-electron chi connectivity index (χ1n) is 6.16. The van der Waals surface area contributed by atoms with Gasteiger partial charge in [-0.25, -0.2) is 0 Å². The van der Waals surface area contributed by atoms with Gasteiger partial charge in [-0.2, -0.15) is 4.68 Å². The minimum atomic E-state index is 0.578. The minimum absolute atomic E-state index is 0.578. The fourth-order valence-corrected chi connectivity index (χ4v) is 2.43. The molecule has 2 aromatic carbocycles. The molecule has 0 spiro atoms. The van der Waals surface area contributed by atoms with Crippen LogP contribution >= 0.6 is 27.5 Å². The molecule has 21 heavy (non-hydrogen) atoms. The van der Waals surface area contributed by atoms with Crippen LogP contribution in [0.5, 0.6) is 0 Å². The summed E-state index contributed by atoms with van der Waals surface area (Å²) in [5, 5.41) is 12.5. The number of tetrazole rings is 1. The summed E-state index contributed by atoms with van der Waals surface area (Å²) in [6, 6.07) is 11.3. The van der Waals surface area contributed by atoms with Crippen molar-refractivity contribution in [2.24, 2.45) is 0 Å². The summed E-state index contributed by atoms with van der Waals surface area (Å²) in [5.74, 6) is 0.578. The van der Waals surface area contributed by atoms with Gasteiger partial charge >= 0.3 is 0 Å². The molecule has 0 aliphatic carbocycles. The van der Waals surface area contributed by atoms with Gasteiger partial charge < -0.3 is 5.73 Å². The molecule has 5 nitrogen and oxygen atoms in total. The molecule has 106 valence electrons. The maximum absolute atomic E-state index is 6.13. The van der Waals surface area contributed by atoms with E-state index in [0.717, 1.165) is 21.3 Å². The Morgan fingerprint density at radius 2 is 2.00 bits per heavy atom. The summed E-state index contributed by atoms with van der Waals surface area (Å²) >= 11 is 9.50. The number of rotatable bonds is 2. The molecule has 0 unspecified atom stereocenters. The maximum atomic E-state index is 6.13. The highest BCUT2D eigenvalue weighted by Crippen LogP contribution is 2.29. The average molecular weight is 365 g/mol. The van der Waals surface area contributed by atoms with E-state index in [9.17, 15) is 0 Å². The lowest BCUT2D eigenvalue weighted by Crippen LogP contribution is -2.02. The Hall–Kier alpha value is -1.92. The van der Waals surface area contributed by atoms with Crippen molar-refractivity contribution in [1.29, 1.82) is 0 Å². The lowest BCUT2D eigenvalue weighted by atomic mass is 10.1. The van der Waals surface area contributed by atoms with Gasteiger partial charge in [0, 0.05) is 15.7 Å². The molecule has 3 rings (SSSR count). The molecule has 3 aromatic rings. The van der Waals surface area contributed by atoms with Gasteiger partial charge in [0.25, 0.3) is 0 Å². The third-order valence-corrected chi connectivity index (χ3v) is 4.30. The Balaban J connectivity index is 2.17. The van der Waals surface area contributed by atoms with Crippen molar-refractivity contribution < 1.29 is 0 Å². The molecule has 0 bridgehead atoms. The Morgan fingerprint density at radius 1 is 1.19 bits per heavy atom. The number of nitrogens with zero attached hydrogens (tertiary/aromatic N) is 4. The van der Waals surface area contributed by atoms with Crippen molar-refractivity contribution in [2.45, 2.75) is 6.92 Å². The van der Waals surface area contributed by atoms with Crippen molar-refractivity contribution in [3.05, 3.63) is 51.5 Å².